The zero-order valence-corrected chi connectivity index (χ0v) is 7.45. The van der Waals surface area contributed by atoms with Crippen molar-refractivity contribution < 1.29 is 4.74 Å². The smallest absolute Gasteiger partial charge is 0.218 e. The van der Waals surface area contributed by atoms with Crippen LogP contribution in [0.15, 0.2) is 12.4 Å². The van der Waals surface area contributed by atoms with Crippen molar-refractivity contribution in [3.63, 3.8) is 0 Å². The maximum absolute atomic E-state index is 5.26. The van der Waals surface area contributed by atoms with E-state index in [2.05, 4.69) is 21.2 Å². The predicted octanol–water partition coefficient (Wildman–Crippen LogP) is 0.920. The fourth-order valence-corrected chi connectivity index (χ4v) is 0.770. The van der Waals surface area contributed by atoms with Gasteiger partial charge in [0.25, 0.3) is 0 Å². The summed E-state index contributed by atoms with van der Waals surface area (Å²) < 4.78 is 5.26. The molecule has 13 heavy (non-hydrogen) atoms. The molecule has 0 aliphatic rings. The molecule has 0 aliphatic heterocycles. The molecular weight excluding hydrogens is 166 g/mol. The van der Waals surface area contributed by atoms with E-state index in [0.29, 0.717) is 18.9 Å². The molecule has 68 valence electrons. The lowest BCUT2D eigenvalue weighted by molar-refractivity contribution is 0.314. The number of anilines is 1. The van der Waals surface area contributed by atoms with Gasteiger partial charge in [-0.2, -0.15) is 0 Å². The van der Waals surface area contributed by atoms with Crippen molar-refractivity contribution in [2.24, 2.45) is 0 Å². The van der Waals surface area contributed by atoms with Crippen LogP contribution in [0.5, 0.6) is 5.88 Å². The topological polar surface area (TPSA) is 47.0 Å². The Kier molecular flexibility index (Phi) is 3.58. The van der Waals surface area contributed by atoms with Crippen LogP contribution in [0.2, 0.25) is 0 Å². The van der Waals surface area contributed by atoms with Crippen LogP contribution in [0.4, 0.5) is 5.82 Å². The Balaban J connectivity index is 2.52. The fourth-order valence-electron chi connectivity index (χ4n) is 0.770. The average Bonchev–Trinajstić information content (AvgIpc) is 2.19. The van der Waals surface area contributed by atoms with Gasteiger partial charge in [-0.3, -0.25) is 0 Å². The van der Waals surface area contributed by atoms with Gasteiger partial charge in [-0.25, -0.2) is 9.97 Å². The van der Waals surface area contributed by atoms with Crippen LogP contribution in [0, 0.1) is 12.3 Å². The van der Waals surface area contributed by atoms with Gasteiger partial charge >= 0.3 is 0 Å². The Morgan fingerprint density at radius 2 is 2.46 bits per heavy atom. The van der Waals surface area contributed by atoms with E-state index in [1.165, 1.54) is 6.33 Å². The second kappa shape index (κ2) is 4.99. The maximum atomic E-state index is 5.26. The summed E-state index contributed by atoms with van der Waals surface area (Å²) in [4.78, 5) is 7.86. The molecule has 1 rings (SSSR count). The summed E-state index contributed by atoms with van der Waals surface area (Å²) >= 11 is 0. The largest absolute Gasteiger partial charge is 0.477 e. The lowest BCUT2D eigenvalue weighted by Gasteiger charge is -2.03. The van der Waals surface area contributed by atoms with Crippen molar-refractivity contribution in [2.75, 3.05) is 19.0 Å². The van der Waals surface area contributed by atoms with Crippen LogP contribution < -0.4 is 10.1 Å². The number of rotatable bonds is 4. The van der Waals surface area contributed by atoms with E-state index in [4.69, 9.17) is 11.2 Å². The van der Waals surface area contributed by atoms with Gasteiger partial charge in [0, 0.05) is 19.5 Å². The average molecular weight is 177 g/mol. The van der Waals surface area contributed by atoms with Gasteiger partial charge < -0.3 is 10.1 Å². The standard InChI is InChI=1S/C9H11N3O/c1-3-4-5-13-9-6-8(10-2)11-7-12-9/h1,6-7H,4-5H2,2H3,(H,10,11,12). The summed E-state index contributed by atoms with van der Waals surface area (Å²) in [5.74, 6) is 3.75. The summed E-state index contributed by atoms with van der Waals surface area (Å²) in [5.41, 5.74) is 0. The number of nitrogens with one attached hydrogen (secondary N) is 1. The number of nitrogens with zero attached hydrogens (tertiary/aromatic N) is 2. The first kappa shape index (κ1) is 9.33. The van der Waals surface area contributed by atoms with Crippen LogP contribution in [0.3, 0.4) is 0 Å². The highest BCUT2D eigenvalue weighted by atomic mass is 16.5. The van der Waals surface area contributed by atoms with Gasteiger partial charge in [0.05, 0.1) is 0 Å². The molecule has 0 spiro atoms. The van der Waals surface area contributed by atoms with Crippen molar-refractivity contribution in [1.82, 2.24) is 9.97 Å². The summed E-state index contributed by atoms with van der Waals surface area (Å²) in [6, 6.07) is 1.72. The second-order valence-electron chi connectivity index (χ2n) is 2.29. The number of aromatic nitrogens is 2. The van der Waals surface area contributed by atoms with Crippen molar-refractivity contribution in [1.29, 1.82) is 0 Å². The van der Waals surface area contributed by atoms with Crippen LogP contribution >= 0.6 is 0 Å². The summed E-state index contributed by atoms with van der Waals surface area (Å²) in [7, 11) is 1.79. The van der Waals surface area contributed by atoms with Gasteiger partial charge in [-0.1, -0.05) is 0 Å². The first-order valence-corrected chi connectivity index (χ1v) is 3.93. The molecule has 1 aromatic rings. The Bertz CT molecular complexity index is 306. The quantitative estimate of drug-likeness (QED) is 0.548. The van der Waals surface area contributed by atoms with Gasteiger partial charge in [-0.05, 0) is 0 Å². The van der Waals surface area contributed by atoms with Crippen LogP contribution in [-0.4, -0.2) is 23.6 Å². The fraction of sp³-hybridized carbons (Fsp3) is 0.333. The molecular formula is C9H11N3O. The normalized spacial score (nSPS) is 8.92. The minimum Gasteiger partial charge on any atom is -0.477 e. The van der Waals surface area contributed by atoms with Crippen LogP contribution in [0.1, 0.15) is 6.42 Å². The maximum Gasteiger partial charge on any atom is 0.218 e. The number of ether oxygens (including phenoxy) is 1. The SMILES string of the molecule is C#CCCOc1cc(NC)ncn1. The molecule has 1 heterocycles. The second-order valence-corrected chi connectivity index (χ2v) is 2.29. The summed E-state index contributed by atoms with van der Waals surface area (Å²) in [5, 5.41) is 2.89. The first-order chi connectivity index (χ1) is 6.36. The minimum absolute atomic E-state index is 0.483. The molecule has 4 nitrogen and oxygen atoms in total. The number of terminal acetylenes is 1. The molecule has 0 fully saturated rings. The molecule has 1 N–H and O–H groups in total. The lowest BCUT2D eigenvalue weighted by Crippen LogP contribution is -2.00. The zero-order chi connectivity index (χ0) is 9.52. The molecule has 1 aromatic heterocycles. The van der Waals surface area contributed by atoms with Crippen molar-refractivity contribution in [2.45, 2.75) is 6.42 Å². The molecule has 4 heteroatoms. The predicted molar refractivity (Wildman–Crippen MR) is 50.5 cm³/mol. The molecule has 0 unspecified atom stereocenters. The first-order valence-electron chi connectivity index (χ1n) is 3.93. The van der Waals surface area contributed by atoms with Crippen molar-refractivity contribution in [3.8, 4) is 18.2 Å². The van der Waals surface area contributed by atoms with Gasteiger partial charge in [0.15, 0.2) is 0 Å². The highest BCUT2D eigenvalue weighted by Gasteiger charge is 1.96. The van der Waals surface area contributed by atoms with E-state index >= 15 is 0 Å². The number of hydrogen-bond donors (Lipinski definition) is 1. The van der Waals surface area contributed by atoms with Crippen molar-refractivity contribution in [3.05, 3.63) is 12.4 Å². The molecule has 0 bridgehead atoms. The van der Waals surface area contributed by atoms with Gasteiger partial charge in [-0.15, -0.1) is 12.3 Å². The van der Waals surface area contributed by atoms with Gasteiger partial charge in [0.2, 0.25) is 5.88 Å². The van der Waals surface area contributed by atoms with Crippen molar-refractivity contribution >= 4 is 5.82 Å². The highest BCUT2D eigenvalue weighted by Crippen LogP contribution is 2.09. The monoisotopic (exact) mass is 177 g/mol. The van der Waals surface area contributed by atoms with E-state index in [-0.39, 0.29) is 0 Å². The molecule has 0 radical (unpaired) electrons. The number of hydrogen-bond acceptors (Lipinski definition) is 4. The molecule has 0 aliphatic carbocycles. The van der Waals surface area contributed by atoms with E-state index in [9.17, 15) is 0 Å². The van der Waals surface area contributed by atoms with E-state index < -0.39 is 0 Å². The van der Waals surface area contributed by atoms with E-state index in [1.54, 1.807) is 13.1 Å². The van der Waals surface area contributed by atoms with E-state index in [1.807, 2.05) is 0 Å². The molecule has 0 aromatic carbocycles. The van der Waals surface area contributed by atoms with Crippen LogP contribution in [0.25, 0.3) is 0 Å². The summed E-state index contributed by atoms with van der Waals surface area (Å²) in [6.45, 7) is 0.483. The molecule has 0 saturated carbocycles. The third-order valence-corrected chi connectivity index (χ3v) is 1.39. The Morgan fingerprint density at radius 1 is 1.62 bits per heavy atom. The zero-order valence-electron chi connectivity index (χ0n) is 7.45. The van der Waals surface area contributed by atoms with E-state index in [0.717, 1.165) is 5.82 Å². The minimum atomic E-state index is 0.483. The Morgan fingerprint density at radius 3 is 3.15 bits per heavy atom. The lowest BCUT2D eigenvalue weighted by atomic mass is 10.5. The Labute approximate surface area is 77.4 Å². The van der Waals surface area contributed by atoms with Crippen LogP contribution in [-0.2, 0) is 0 Å². The molecule has 0 atom stereocenters. The molecule has 0 amide bonds. The summed E-state index contributed by atoms with van der Waals surface area (Å²) in [6.07, 6.45) is 7.10. The van der Waals surface area contributed by atoms with Gasteiger partial charge in [0.1, 0.15) is 18.8 Å². The highest BCUT2D eigenvalue weighted by molar-refractivity contribution is 5.35. The Hall–Kier alpha value is -1.76. The third-order valence-electron chi connectivity index (χ3n) is 1.39. The third kappa shape index (κ3) is 2.99. The molecule has 0 saturated heterocycles.